The summed E-state index contributed by atoms with van der Waals surface area (Å²) in [4.78, 5) is 0. The van der Waals surface area contributed by atoms with Crippen LogP contribution in [0.5, 0.6) is 0 Å². The average molecular weight is 307 g/mol. The van der Waals surface area contributed by atoms with E-state index in [1.54, 1.807) is 0 Å². The van der Waals surface area contributed by atoms with Gasteiger partial charge in [0, 0.05) is 11.0 Å². The zero-order chi connectivity index (χ0) is 10.9. The first-order valence-corrected chi connectivity index (χ1v) is 6.04. The molecule has 4 heteroatoms. The third-order valence-electron chi connectivity index (χ3n) is 2.82. The van der Waals surface area contributed by atoms with E-state index in [4.69, 9.17) is 4.74 Å². The van der Waals surface area contributed by atoms with Crippen molar-refractivity contribution in [2.24, 2.45) is 5.92 Å². The van der Waals surface area contributed by atoms with Crippen LogP contribution in [0.3, 0.4) is 0 Å². The van der Waals surface area contributed by atoms with Crippen LogP contribution in [-0.4, -0.2) is 13.2 Å². The first-order chi connectivity index (χ1) is 7.10. The summed E-state index contributed by atoms with van der Waals surface area (Å²) in [6, 6.07) is 8.25. The zero-order valence-corrected chi connectivity index (χ0v) is 11.9. The standard InChI is InChI=1S/C12H16BrNO.ClH/c1-9-7-14-12(2,15-8-9)10-4-3-5-11(13)6-10;/h3-6,9,14H,7-8H2,1-2H3;1H. The molecule has 0 amide bonds. The number of ether oxygens (including phenoxy) is 1. The molecule has 0 bridgehead atoms. The van der Waals surface area contributed by atoms with Crippen molar-refractivity contribution in [1.29, 1.82) is 0 Å². The van der Waals surface area contributed by atoms with Gasteiger partial charge in [0.15, 0.2) is 0 Å². The summed E-state index contributed by atoms with van der Waals surface area (Å²) in [7, 11) is 0. The van der Waals surface area contributed by atoms with E-state index in [9.17, 15) is 0 Å². The summed E-state index contributed by atoms with van der Waals surface area (Å²) in [6.45, 7) is 6.09. The molecule has 2 rings (SSSR count). The second kappa shape index (κ2) is 5.50. The molecule has 2 nitrogen and oxygen atoms in total. The normalized spacial score (nSPS) is 29.6. The zero-order valence-electron chi connectivity index (χ0n) is 9.50. The Morgan fingerprint density at radius 1 is 1.50 bits per heavy atom. The molecule has 0 radical (unpaired) electrons. The van der Waals surface area contributed by atoms with Crippen LogP contribution in [0.4, 0.5) is 0 Å². The second-order valence-corrected chi connectivity index (χ2v) is 5.26. The monoisotopic (exact) mass is 305 g/mol. The van der Waals surface area contributed by atoms with E-state index in [1.165, 1.54) is 5.56 Å². The van der Waals surface area contributed by atoms with Crippen molar-refractivity contribution in [3.05, 3.63) is 34.3 Å². The number of nitrogens with one attached hydrogen (secondary N) is 1. The van der Waals surface area contributed by atoms with Crippen LogP contribution in [0.2, 0.25) is 0 Å². The maximum atomic E-state index is 5.89. The van der Waals surface area contributed by atoms with Gasteiger partial charge in [0.2, 0.25) is 0 Å². The second-order valence-electron chi connectivity index (χ2n) is 4.34. The van der Waals surface area contributed by atoms with Crippen LogP contribution in [0, 0.1) is 5.92 Å². The summed E-state index contributed by atoms with van der Waals surface area (Å²) in [6.07, 6.45) is 0. The highest BCUT2D eigenvalue weighted by Crippen LogP contribution is 2.28. The third kappa shape index (κ3) is 2.98. The van der Waals surface area contributed by atoms with Crippen molar-refractivity contribution < 1.29 is 4.74 Å². The van der Waals surface area contributed by atoms with Gasteiger partial charge < -0.3 is 4.74 Å². The smallest absolute Gasteiger partial charge is 0.142 e. The number of hydrogen-bond donors (Lipinski definition) is 1. The molecule has 1 aliphatic heterocycles. The van der Waals surface area contributed by atoms with Crippen molar-refractivity contribution in [3.8, 4) is 0 Å². The predicted octanol–water partition coefficient (Wildman–Crippen LogP) is 3.30. The molecule has 1 aromatic carbocycles. The van der Waals surface area contributed by atoms with Crippen molar-refractivity contribution in [3.63, 3.8) is 0 Å². The molecule has 1 aromatic rings. The Morgan fingerprint density at radius 2 is 2.25 bits per heavy atom. The quantitative estimate of drug-likeness (QED) is 0.859. The predicted molar refractivity (Wildman–Crippen MR) is 71.9 cm³/mol. The largest absolute Gasteiger partial charge is 0.356 e. The summed E-state index contributed by atoms with van der Waals surface area (Å²) in [5.41, 5.74) is 0.833. The Kier molecular flexibility index (Phi) is 4.80. The van der Waals surface area contributed by atoms with Gasteiger partial charge in [-0.25, -0.2) is 0 Å². The lowest BCUT2D eigenvalue weighted by Crippen LogP contribution is -2.49. The fraction of sp³-hybridized carbons (Fsp3) is 0.500. The molecule has 90 valence electrons. The van der Waals surface area contributed by atoms with Gasteiger partial charge in [0.25, 0.3) is 0 Å². The van der Waals surface area contributed by atoms with Crippen molar-refractivity contribution >= 4 is 28.3 Å². The average Bonchev–Trinajstić information content (AvgIpc) is 2.23. The molecule has 1 heterocycles. The van der Waals surface area contributed by atoms with E-state index in [0.717, 1.165) is 17.6 Å². The minimum Gasteiger partial charge on any atom is -0.356 e. The number of halogens is 2. The molecule has 0 saturated carbocycles. The van der Waals surface area contributed by atoms with Gasteiger partial charge in [-0.1, -0.05) is 35.0 Å². The molecule has 1 fully saturated rings. The molecule has 0 spiro atoms. The van der Waals surface area contributed by atoms with E-state index in [-0.39, 0.29) is 18.1 Å². The van der Waals surface area contributed by atoms with E-state index >= 15 is 0 Å². The lowest BCUT2D eigenvalue weighted by molar-refractivity contribution is -0.106. The van der Waals surface area contributed by atoms with Crippen molar-refractivity contribution in [2.75, 3.05) is 13.2 Å². The Morgan fingerprint density at radius 3 is 2.81 bits per heavy atom. The van der Waals surface area contributed by atoms with E-state index in [1.807, 2.05) is 12.1 Å². The van der Waals surface area contributed by atoms with E-state index in [2.05, 4.69) is 47.2 Å². The highest BCUT2D eigenvalue weighted by Gasteiger charge is 2.31. The van der Waals surface area contributed by atoms with Gasteiger partial charge in [-0.2, -0.15) is 0 Å². The summed E-state index contributed by atoms with van der Waals surface area (Å²) in [5.74, 6) is 0.588. The van der Waals surface area contributed by atoms with Gasteiger partial charge in [-0.05, 0) is 30.5 Å². The Bertz CT molecular complexity index is 351. The van der Waals surface area contributed by atoms with Crippen LogP contribution in [0.15, 0.2) is 28.7 Å². The maximum absolute atomic E-state index is 5.89. The molecular weight excluding hydrogens is 289 g/mol. The number of hydrogen-bond acceptors (Lipinski definition) is 2. The van der Waals surface area contributed by atoms with E-state index < -0.39 is 0 Å². The first kappa shape index (κ1) is 14.0. The van der Waals surface area contributed by atoms with Gasteiger partial charge in [0.05, 0.1) is 6.61 Å². The van der Waals surface area contributed by atoms with Crippen molar-refractivity contribution in [1.82, 2.24) is 5.32 Å². The Labute approximate surface area is 111 Å². The molecule has 2 atom stereocenters. The number of rotatable bonds is 1. The minimum atomic E-state index is -0.337. The highest BCUT2D eigenvalue weighted by atomic mass is 79.9. The topological polar surface area (TPSA) is 21.3 Å². The maximum Gasteiger partial charge on any atom is 0.142 e. The van der Waals surface area contributed by atoms with Crippen LogP contribution in [0.25, 0.3) is 0 Å². The lowest BCUT2D eigenvalue weighted by Gasteiger charge is -2.38. The van der Waals surface area contributed by atoms with E-state index in [0.29, 0.717) is 5.92 Å². The van der Waals surface area contributed by atoms with Crippen LogP contribution in [0.1, 0.15) is 19.4 Å². The highest BCUT2D eigenvalue weighted by molar-refractivity contribution is 9.10. The summed E-state index contributed by atoms with van der Waals surface area (Å²) in [5, 5.41) is 3.45. The first-order valence-electron chi connectivity index (χ1n) is 5.25. The SMILES string of the molecule is CC1CNC(C)(c2cccc(Br)c2)OC1.Cl. The van der Waals surface area contributed by atoms with Gasteiger partial charge in [0.1, 0.15) is 5.72 Å². The molecule has 1 N–H and O–H groups in total. The Balaban J connectivity index is 0.00000128. The number of benzene rings is 1. The fourth-order valence-electron chi connectivity index (χ4n) is 1.76. The van der Waals surface area contributed by atoms with Crippen LogP contribution >= 0.6 is 28.3 Å². The molecule has 2 unspecified atom stereocenters. The fourth-order valence-corrected chi connectivity index (χ4v) is 2.16. The minimum absolute atomic E-state index is 0. The van der Waals surface area contributed by atoms with Gasteiger partial charge >= 0.3 is 0 Å². The van der Waals surface area contributed by atoms with Crippen LogP contribution < -0.4 is 5.32 Å². The van der Waals surface area contributed by atoms with Crippen LogP contribution in [-0.2, 0) is 10.5 Å². The molecule has 1 saturated heterocycles. The van der Waals surface area contributed by atoms with Crippen molar-refractivity contribution in [2.45, 2.75) is 19.6 Å². The molecular formula is C12H17BrClNO. The molecule has 0 aromatic heterocycles. The summed E-state index contributed by atoms with van der Waals surface area (Å²) >= 11 is 3.48. The third-order valence-corrected chi connectivity index (χ3v) is 3.31. The molecule has 16 heavy (non-hydrogen) atoms. The van der Waals surface area contributed by atoms with Gasteiger partial charge in [-0.15, -0.1) is 12.4 Å². The Hall–Kier alpha value is -0.0900. The molecule has 1 aliphatic rings. The molecule has 0 aliphatic carbocycles. The van der Waals surface area contributed by atoms with Gasteiger partial charge in [-0.3, -0.25) is 5.32 Å². The summed E-state index contributed by atoms with van der Waals surface area (Å²) < 4.78 is 6.97. The lowest BCUT2D eigenvalue weighted by atomic mass is 10.0.